The summed E-state index contributed by atoms with van der Waals surface area (Å²) in [6.07, 6.45) is 1.67. The molecule has 0 fully saturated rings. The number of nitro groups is 1. The zero-order chi connectivity index (χ0) is 18.3. The highest BCUT2D eigenvalue weighted by atomic mass is 16.6. The van der Waals surface area contributed by atoms with Crippen molar-refractivity contribution in [3.8, 4) is 5.75 Å². The summed E-state index contributed by atoms with van der Waals surface area (Å²) in [6.45, 7) is 2.00. The number of phenols is 1. The minimum atomic E-state index is -0.457. The summed E-state index contributed by atoms with van der Waals surface area (Å²) in [6, 6.07) is 15.3. The molecule has 6 nitrogen and oxygen atoms in total. The molecule has 0 unspecified atom stereocenters. The van der Waals surface area contributed by atoms with Crippen molar-refractivity contribution >= 4 is 39.5 Å². The van der Waals surface area contributed by atoms with Crippen LogP contribution in [0.25, 0.3) is 21.9 Å². The van der Waals surface area contributed by atoms with Crippen molar-refractivity contribution in [2.24, 2.45) is 4.99 Å². The molecule has 1 N–H and O–H groups in total. The molecule has 0 saturated carbocycles. The fraction of sp³-hybridized carbons (Fsp3) is 0.0500. The second-order valence-electron chi connectivity index (χ2n) is 6.01. The van der Waals surface area contributed by atoms with Crippen LogP contribution in [0.2, 0.25) is 0 Å². The lowest BCUT2D eigenvalue weighted by molar-refractivity contribution is -0.384. The first-order valence-corrected chi connectivity index (χ1v) is 7.96. The number of nitrogens with zero attached hydrogens (tertiary/aromatic N) is 2. The van der Waals surface area contributed by atoms with Crippen molar-refractivity contribution in [2.45, 2.75) is 6.92 Å². The third-order valence-corrected chi connectivity index (χ3v) is 4.21. The molecule has 6 heteroatoms. The highest BCUT2D eigenvalue weighted by molar-refractivity contribution is 6.15. The van der Waals surface area contributed by atoms with Crippen LogP contribution in [0.1, 0.15) is 11.1 Å². The van der Waals surface area contributed by atoms with Gasteiger partial charge in [-0.25, -0.2) is 0 Å². The number of nitro benzene ring substituents is 1. The number of fused-ring (bicyclic) bond motifs is 3. The van der Waals surface area contributed by atoms with E-state index in [-0.39, 0.29) is 17.0 Å². The van der Waals surface area contributed by atoms with Crippen LogP contribution in [0, 0.1) is 17.0 Å². The Bertz CT molecular complexity index is 1170. The van der Waals surface area contributed by atoms with Gasteiger partial charge in [-0.1, -0.05) is 17.7 Å². The number of aliphatic imine (C=N–C) groups is 1. The van der Waals surface area contributed by atoms with Crippen LogP contribution in [-0.2, 0) is 0 Å². The molecule has 0 aliphatic carbocycles. The molecule has 4 aromatic rings. The van der Waals surface area contributed by atoms with E-state index in [1.165, 1.54) is 24.3 Å². The highest BCUT2D eigenvalue weighted by Crippen LogP contribution is 2.37. The van der Waals surface area contributed by atoms with E-state index in [9.17, 15) is 15.2 Å². The van der Waals surface area contributed by atoms with Gasteiger partial charge in [0.2, 0.25) is 0 Å². The Hall–Kier alpha value is -3.67. The fourth-order valence-corrected chi connectivity index (χ4v) is 2.88. The van der Waals surface area contributed by atoms with Crippen molar-refractivity contribution in [1.82, 2.24) is 0 Å². The van der Waals surface area contributed by atoms with Crippen LogP contribution >= 0.6 is 0 Å². The van der Waals surface area contributed by atoms with E-state index in [0.717, 1.165) is 11.3 Å². The Morgan fingerprint density at radius 1 is 1.12 bits per heavy atom. The molecule has 0 aliphatic rings. The van der Waals surface area contributed by atoms with Crippen molar-refractivity contribution < 1.29 is 14.4 Å². The average Bonchev–Trinajstić information content (AvgIpc) is 3.02. The van der Waals surface area contributed by atoms with E-state index in [2.05, 4.69) is 4.99 Å². The molecule has 0 spiro atoms. The highest BCUT2D eigenvalue weighted by Gasteiger charge is 2.17. The van der Waals surface area contributed by atoms with Gasteiger partial charge in [0.25, 0.3) is 5.69 Å². The molecule has 0 amide bonds. The number of benzene rings is 3. The molecule has 3 aromatic carbocycles. The van der Waals surface area contributed by atoms with E-state index in [0.29, 0.717) is 21.9 Å². The standard InChI is InChI=1S/C20H14N2O4/c1-12-2-5-14(6-3-12)21-11-13-4-8-17(23)20-19(13)16-10-15(22(24)25)7-9-18(16)26-20/h2-11,23H,1H3. The van der Waals surface area contributed by atoms with Crippen LogP contribution in [-0.4, -0.2) is 16.2 Å². The van der Waals surface area contributed by atoms with E-state index >= 15 is 0 Å². The third-order valence-electron chi connectivity index (χ3n) is 4.21. The molecular formula is C20H14N2O4. The van der Waals surface area contributed by atoms with Gasteiger partial charge in [-0.3, -0.25) is 15.1 Å². The van der Waals surface area contributed by atoms with Crippen LogP contribution < -0.4 is 0 Å². The summed E-state index contributed by atoms with van der Waals surface area (Å²) in [4.78, 5) is 15.1. The molecule has 128 valence electrons. The van der Waals surface area contributed by atoms with Gasteiger partial charge in [-0.05, 0) is 37.3 Å². The average molecular weight is 346 g/mol. The Morgan fingerprint density at radius 2 is 1.88 bits per heavy atom. The first kappa shape index (κ1) is 15.8. The van der Waals surface area contributed by atoms with Gasteiger partial charge >= 0.3 is 0 Å². The molecule has 0 radical (unpaired) electrons. The maximum Gasteiger partial charge on any atom is 0.270 e. The molecule has 0 atom stereocenters. The number of hydrogen-bond donors (Lipinski definition) is 1. The summed E-state index contributed by atoms with van der Waals surface area (Å²) in [7, 11) is 0. The summed E-state index contributed by atoms with van der Waals surface area (Å²) in [5, 5.41) is 22.4. The normalized spacial score (nSPS) is 11.6. The lowest BCUT2D eigenvalue weighted by Crippen LogP contribution is -1.87. The Labute approximate surface area is 148 Å². The third kappa shape index (κ3) is 2.67. The second kappa shape index (κ2) is 6.00. The molecule has 4 rings (SSSR count). The molecular weight excluding hydrogens is 332 g/mol. The lowest BCUT2D eigenvalue weighted by Gasteiger charge is -2.00. The smallest absolute Gasteiger partial charge is 0.270 e. The van der Waals surface area contributed by atoms with Crippen LogP contribution in [0.4, 0.5) is 11.4 Å². The van der Waals surface area contributed by atoms with Gasteiger partial charge in [-0.2, -0.15) is 0 Å². The lowest BCUT2D eigenvalue weighted by atomic mass is 10.1. The fourth-order valence-electron chi connectivity index (χ4n) is 2.88. The molecule has 26 heavy (non-hydrogen) atoms. The Kier molecular flexibility index (Phi) is 3.65. The van der Waals surface area contributed by atoms with Gasteiger partial charge in [0, 0.05) is 34.7 Å². The zero-order valence-corrected chi connectivity index (χ0v) is 13.8. The van der Waals surface area contributed by atoms with Gasteiger partial charge < -0.3 is 9.52 Å². The summed E-state index contributed by atoms with van der Waals surface area (Å²) in [5.41, 5.74) is 3.35. The van der Waals surface area contributed by atoms with E-state index in [1.54, 1.807) is 12.3 Å². The van der Waals surface area contributed by atoms with Crippen molar-refractivity contribution in [2.75, 3.05) is 0 Å². The minimum absolute atomic E-state index is 0.0219. The predicted molar refractivity (Wildman–Crippen MR) is 100 cm³/mol. The topological polar surface area (TPSA) is 88.9 Å². The molecule has 0 aliphatic heterocycles. The number of hydrogen-bond acceptors (Lipinski definition) is 5. The second-order valence-corrected chi connectivity index (χ2v) is 6.01. The monoisotopic (exact) mass is 346 g/mol. The molecule has 0 saturated heterocycles. The quantitative estimate of drug-likeness (QED) is 0.311. The first-order chi connectivity index (χ1) is 12.5. The Morgan fingerprint density at radius 3 is 2.62 bits per heavy atom. The van der Waals surface area contributed by atoms with Crippen LogP contribution in [0.3, 0.4) is 0 Å². The van der Waals surface area contributed by atoms with Gasteiger partial charge in [0.1, 0.15) is 5.58 Å². The van der Waals surface area contributed by atoms with Crippen molar-refractivity contribution in [1.29, 1.82) is 0 Å². The maximum absolute atomic E-state index is 11.1. The van der Waals surface area contributed by atoms with Crippen LogP contribution in [0.5, 0.6) is 5.75 Å². The molecule has 1 heterocycles. The number of aryl methyl sites for hydroxylation is 1. The minimum Gasteiger partial charge on any atom is -0.504 e. The summed E-state index contributed by atoms with van der Waals surface area (Å²) < 4.78 is 5.69. The number of phenolic OH excluding ortho intramolecular Hbond substituents is 1. The van der Waals surface area contributed by atoms with Crippen molar-refractivity contribution in [3.05, 3.63) is 75.8 Å². The number of rotatable bonds is 3. The summed E-state index contributed by atoms with van der Waals surface area (Å²) in [5.74, 6) is -0.0219. The van der Waals surface area contributed by atoms with Gasteiger partial charge in [0.15, 0.2) is 11.3 Å². The zero-order valence-electron chi connectivity index (χ0n) is 13.8. The number of furan rings is 1. The number of non-ortho nitro benzene ring substituents is 1. The number of aromatic hydroxyl groups is 1. The van der Waals surface area contributed by atoms with Gasteiger partial charge in [0.05, 0.1) is 10.6 Å². The van der Waals surface area contributed by atoms with E-state index in [1.807, 2.05) is 31.2 Å². The van der Waals surface area contributed by atoms with Gasteiger partial charge in [-0.15, -0.1) is 0 Å². The molecule has 1 aromatic heterocycles. The van der Waals surface area contributed by atoms with Crippen molar-refractivity contribution in [3.63, 3.8) is 0 Å². The maximum atomic E-state index is 11.1. The van der Waals surface area contributed by atoms with E-state index < -0.39 is 4.92 Å². The predicted octanol–water partition coefficient (Wildman–Crippen LogP) is 5.26. The largest absolute Gasteiger partial charge is 0.504 e. The van der Waals surface area contributed by atoms with E-state index in [4.69, 9.17) is 4.42 Å². The summed E-state index contributed by atoms with van der Waals surface area (Å²) >= 11 is 0. The first-order valence-electron chi connectivity index (χ1n) is 7.96. The van der Waals surface area contributed by atoms with Crippen LogP contribution in [0.15, 0.2) is 64.0 Å². The molecule has 0 bridgehead atoms. The Balaban J connectivity index is 1.92. The SMILES string of the molecule is Cc1ccc(N=Cc2ccc(O)c3oc4ccc([N+](=O)[O-])cc4c23)cc1.